The van der Waals surface area contributed by atoms with Crippen molar-refractivity contribution >= 4 is 49.0 Å². The number of halogens is 2. The molecule has 0 aliphatic carbocycles. The number of carbonyl (C=O) groups is 1. The standard InChI is InChI=1S/C10H6Br2O2S/c1-5-7(11)4-8(15-5)9(13)6-2-3-14-10(6)12/h2-4H,1H3. The highest BCUT2D eigenvalue weighted by molar-refractivity contribution is 9.10. The van der Waals surface area contributed by atoms with Crippen molar-refractivity contribution in [3.63, 3.8) is 0 Å². The second-order valence-electron chi connectivity index (χ2n) is 2.95. The van der Waals surface area contributed by atoms with Crippen LogP contribution in [0.4, 0.5) is 0 Å². The van der Waals surface area contributed by atoms with E-state index in [9.17, 15) is 4.79 Å². The number of aryl methyl sites for hydroxylation is 1. The number of furan rings is 1. The molecule has 2 aromatic heterocycles. The SMILES string of the molecule is Cc1sc(C(=O)c2ccoc2Br)cc1Br. The number of hydrogen-bond donors (Lipinski definition) is 0. The zero-order chi connectivity index (χ0) is 11.0. The number of ketones is 1. The maximum Gasteiger partial charge on any atom is 0.207 e. The Balaban J connectivity index is 2.41. The van der Waals surface area contributed by atoms with E-state index in [0.29, 0.717) is 15.1 Å². The summed E-state index contributed by atoms with van der Waals surface area (Å²) in [5.74, 6) is -0.0191. The molecule has 2 nitrogen and oxygen atoms in total. The monoisotopic (exact) mass is 348 g/mol. The lowest BCUT2D eigenvalue weighted by Crippen LogP contribution is -1.96. The number of carbonyl (C=O) groups excluding carboxylic acids is 1. The van der Waals surface area contributed by atoms with Crippen molar-refractivity contribution < 1.29 is 9.21 Å². The van der Waals surface area contributed by atoms with Crippen LogP contribution in [0.3, 0.4) is 0 Å². The van der Waals surface area contributed by atoms with E-state index in [1.54, 1.807) is 6.07 Å². The van der Waals surface area contributed by atoms with Gasteiger partial charge in [-0.3, -0.25) is 4.79 Å². The van der Waals surface area contributed by atoms with Crippen LogP contribution < -0.4 is 0 Å². The van der Waals surface area contributed by atoms with E-state index in [1.165, 1.54) is 17.6 Å². The molecule has 0 atom stereocenters. The Morgan fingerprint density at radius 3 is 2.67 bits per heavy atom. The summed E-state index contributed by atoms with van der Waals surface area (Å²) >= 11 is 8.05. The molecule has 2 rings (SSSR count). The second-order valence-corrected chi connectivity index (χ2v) is 5.78. The minimum absolute atomic E-state index is 0.0191. The van der Waals surface area contributed by atoms with Crippen molar-refractivity contribution in [3.8, 4) is 0 Å². The molecule has 15 heavy (non-hydrogen) atoms. The summed E-state index contributed by atoms with van der Waals surface area (Å²) in [5.41, 5.74) is 0.559. The van der Waals surface area contributed by atoms with Gasteiger partial charge in [0.05, 0.1) is 16.7 Å². The van der Waals surface area contributed by atoms with Gasteiger partial charge in [-0.1, -0.05) is 0 Å². The summed E-state index contributed by atoms with van der Waals surface area (Å²) in [6.45, 7) is 1.97. The van der Waals surface area contributed by atoms with Gasteiger partial charge in [-0.15, -0.1) is 11.3 Å². The Labute approximate surface area is 108 Å². The molecule has 0 aliphatic heterocycles. The van der Waals surface area contributed by atoms with Crippen LogP contribution >= 0.6 is 43.2 Å². The molecule has 0 bridgehead atoms. The van der Waals surface area contributed by atoms with E-state index in [0.717, 1.165) is 9.35 Å². The zero-order valence-electron chi connectivity index (χ0n) is 7.71. The summed E-state index contributed by atoms with van der Waals surface area (Å²) < 4.78 is 6.48. The van der Waals surface area contributed by atoms with Crippen molar-refractivity contribution in [2.75, 3.05) is 0 Å². The lowest BCUT2D eigenvalue weighted by Gasteiger charge is -1.92. The molecule has 5 heteroatoms. The van der Waals surface area contributed by atoms with Gasteiger partial charge >= 0.3 is 0 Å². The summed E-state index contributed by atoms with van der Waals surface area (Å²) in [5, 5.41) is 0. The van der Waals surface area contributed by atoms with Gasteiger partial charge in [0.1, 0.15) is 0 Å². The summed E-state index contributed by atoms with van der Waals surface area (Å²) in [6.07, 6.45) is 1.49. The third-order valence-electron chi connectivity index (χ3n) is 1.94. The lowest BCUT2D eigenvalue weighted by atomic mass is 10.2. The van der Waals surface area contributed by atoms with Crippen LogP contribution in [0.5, 0.6) is 0 Å². The van der Waals surface area contributed by atoms with Crippen LogP contribution in [0.15, 0.2) is 32.0 Å². The largest absolute Gasteiger partial charge is 0.457 e. The Kier molecular flexibility index (Phi) is 3.13. The Hall–Kier alpha value is -0.390. The highest BCUT2D eigenvalue weighted by atomic mass is 79.9. The van der Waals surface area contributed by atoms with Crippen molar-refractivity contribution in [3.05, 3.63) is 42.9 Å². The highest BCUT2D eigenvalue weighted by Crippen LogP contribution is 2.30. The molecule has 0 radical (unpaired) electrons. The van der Waals surface area contributed by atoms with E-state index in [4.69, 9.17) is 4.42 Å². The average molecular weight is 350 g/mol. The van der Waals surface area contributed by atoms with Gasteiger partial charge in [0.2, 0.25) is 5.78 Å². The highest BCUT2D eigenvalue weighted by Gasteiger charge is 2.17. The molecule has 0 saturated carbocycles. The predicted octanol–water partition coefficient (Wildman–Crippen LogP) is 4.41. The normalized spacial score (nSPS) is 10.6. The molecule has 2 aromatic rings. The summed E-state index contributed by atoms with van der Waals surface area (Å²) in [6, 6.07) is 3.50. The first-order valence-electron chi connectivity index (χ1n) is 4.13. The molecule has 0 aromatic carbocycles. The van der Waals surface area contributed by atoms with Crippen molar-refractivity contribution in [2.24, 2.45) is 0 Å². The molecule has 0 unspecified atom stereocenters. The fourth-order valence-corrected chi connectivity index (χ4v) is 3.07. The molecule has 0 fully saturated rings. The minimum Gasteiger partial charge on any atom is -0.457 e. The molecule has 0 N–H and O–H groups in total. The van der Waals surface area contributed by atoms with E-state index in [1.807, 2.05) is 13.0 Å². The predicted molar refractivity (Wildman–Crippen MR) is 66.6 cm³/mol. The van der Waals surface area contributed by atoms with Crippen LogP contribution in [0.1, 0.15) is 20.1 Å². The topological polar surface area (TPSA) is 30.2 Å². The Bertz CT molecular complexity index is 494. The van der Waals surface area contributed by atoms with Crippen LogP contribution in [0, 0.1) is 6.92 Å². The quantitative estimate of drug-likeness (QED) is 0.752. The van der Waals surface area contributed by atoms with Gasteiger partial charge in [0, 0.05) is 9.35 Å². The van der Waals surface area contributed by atoms with E-state index in [2.05, 4.69) is 31.9 Å². The van der Waals surface area contributed by atoms with Gasteiger partial charge in [0.15, 0.2) is 4.67 Å². The minimum atomic E-state index is -0.0191. The van der Waals surface area contributed by atoms with E-state index in [-0.39, 0.29) is 5.78 Å². The van der Waals surface area contributed by atoms with E-state index < -0.39 is 0 Å². The van der Waals surface area contributed by atoms with Gasteiger partial charge in [-0.05, 0) is 50.9 Å². The van der Waals surface area contributed by atoms with Gasteiger partial charge in [-0.25, -0.2) is 0 Å². The maximum atomic E-state index is 12.0. The van der Waals surface area contributed by atoms with Gasteiger partial charge < -0.3 is 4.42 Å². The first-order chi connectivity index (χ1) is 7.09. The average Bonchev–Trinajstić information content (AvgIpc) is 2.74. The zero-order valence-corrected chi connectivity index (χ0v) is 11.7. The molecule has 0 aliphatic rings. The molecular weight excluding hydrogens is 344 g/mol. The van der Waals surface area contributed by atoms with Crippen LogP contribution in [-0.4, -0.2) is 5.78 Å². The fourth-order valence-electron chi connectivity index (χ4n) is 1.16. The Morgan fingerprint density at radius 2 is 2.20 bits per heavy atom. The van der Waals surface area contributed by atoms with Crippen molar-refractivity contribution in [2.45, 2.75) is 6.92 Å². The number of thiophene rings is 1. The number of hydrogen-bond acceptors (Lipinski definition) is 3. The summed E-state index contributed by atoms with van der Waals surface area (Å²) in [7, 11) is 0. The molecule has 78 valence electrons. The number of rotatable bonds is 2. The lowest BCUT2D eigenvalue weighted by molar-refractivity contribution is 0.104. The third-order valence-corrected chi connectivity index (χ3v) is 4.69. The summed E-state index contributed by atoms with van der Waals surface area (Å²) in [4.78, 5) is 13.8. The molecular formula is C10H6Br2O2S. The molecule has 0 spiro atoms. The first kappa shape index (κ1) is 11.1. The molecule has 0 saturated heterocycles. The van der Waals surface area contributed by atoms with Gasteiger partial charge in [-0.2, -0.15) is 0 Å². The van der Waals surface area contributed by atoms with Crippen molar-refractivity contribution in [1.29, 1.82) is 0 Å². The van der Waals surface area contributed by atoms with Crippen LogP contribution in [0.25, 0.3) is 0 Å². The molecule has 0 amide bonds. The van der Waals surface area contributed by atoms with Crippen LogP contribution in [0.2, 0.25) is 0 Å². The first-order valence-corrected chi connectivity index (χ1v) is 6.53. The van der Waals surface area contributed by atoms with Gasteiger partial charge in [0.25, 0.3) is 0 Å². The molecule has 2 heterocycles. The maximum absolute atomic E-state index is 12.0. The van der Waals surface area contributed by atoms with E-state index >= 15 is 0 Å². The Morgan fingerprint density at radius 1 is 1.47 bits per heavy atom. The fraction of sp³-hybridized carbons (Fsp3) is 0.100. The third kappa shape index (κ3) is 2.09. The smallest absolute Gasteiger partial charge is 0.207 e. The second kappa shape index (κ2) is 4.23. The van der Waals surface area contributed by atoms with Crippen molar-refractivity contribution in [1.82, 2.24) is 0 Å². The van der Waals surface area contributed by atoms with Crippen LogP contribution in [-0.2, 0) is 0 Å².